The number of esters is 1. The van der Waals surface area contributed by atoms with E-state index in [1.165, 1.54) is 6.92 Å². The maximum Gasteiger partial charge on any atom is 0.302 e. The second kappa shape index (κ2) is 9.17. The second-order valence-corrected chi connectivity index (χ2v) is 14.1. The van der Waals surface area contributed by atoms with Gasteiger partial charge < -0.3 is 4.74 Å². The number of hydrogen-bond acceptors (Lipinski definition) is 5. The molecule has 0 spiro atoms. The van der Waals surface area contributed by atoms with Crippen LogP contribution in [0, 0.1) is 52.3 Å². The van der Waals surface area contributed by atoms with Gasteiger partial charge in [-0.1, -0.05) is 27.7 Å². The molecule has 10 atom stereocenters. The lowest BCUT2D eigenvalue weighted by Gasteiger charge is -2.62. The van der Waals surface area contributed by atoms with Crippen LogP contribution >= 0.6 is 0 Å². The van der Waals surface area contributed by atoms with Gasteiger partial charge in [0.05, 0.1) is 5.75 Å². The molecule has 34 heavy (non-hydrogen) atoms. The van der Waals surface area contributed by atoms with Crippen LogP contribution in [0.1, 0.15) is 92.4 Å². The van der Waals surface area contributed by atoms with E-state index in [4.69, 9.17) is 4.74 Å². The molecule has 0 aromatic heterocycles. The van der Waals surface area contributed by atoms with Gasteiger partial charge in [0.1, 0.15) is 11.9 Å². The zero-order chi connectivity index (χ0) is 25.1. The largest absolute Gasteiger partial charge is 0.463 e. The fraction of sp³-hybridized carbons (Fsp3) is 0.926. The Morgan fingerprint density at radius 2 is 1.74 bits per heavy atom. The monoisotopic (exact) mass is 496 g/mol. The van der Waals surface area contributed by atoms with E-state index in [9.17, 15) is 22.6 Å². The van der Waals surface area contributed by atoms with Crippen molar-refractivity contribution in [2.45, 2.75) is 98.5 Å². The summed E-state index contributed by atoms with van der Waals surface area (Å²) < 4.78 is 37.6. The maximum atomic E-state index is 14.1. The Hall–Kier alpha value is -0.950. The minimum absolute atomic E-state index is 0.0305. The van der Waals surface area contributed by atoms with Crippen molar-refractivity contribution in [1.82, 2.24) is 0 Å². The van der Waals surface area contributed by atoms with Crippen LogP contribution in [0.4, 0.5) is 0 Å². The Kier molecular flexibility index (Phi) is 7.05. The fourth-order valence-corrected chi connectivity index (χ4v) is 10.1. The Balaban J connectivity index is 1.59. The minimum Gasteiger partial charge on any atom is -0.463 e. The highest BCUT2D eigenvalue weighted by Gasteiger charge is 2.65. The smallest absolute Gasteiger partial charge is 0.302 e. The second-order valence-electron chi connectivity index (χ2n) is 12.6. The molecular formula is C27H44O6S. The minimum atomic E-state index is -3.96. The highest BCUT2D eigenvalue weighted by molar-refractivity contribution is 7.85. The Morgan fingerprint density at radius 1 is 1.09 bits per heavy atom. The van der Waals surface area contributed by atoms with E-state index in [0.29, 0.717) is 30.0 Å². The van der Waals surface area contributed by atoms with E-state index in [2.05, 4.69) is 27.7 Å². The van der Waals surface area contributed by atoms with Gasteiger partial charge in [0.2, 0.25) is 0 Å². The maximum absolute atomic E-state index is 14.1. The van der Waals surface area contributed by atoms with Crippen molar-refractivity contribution in [2.75, 3.05) is 5.75 Å². The van der Waals surface area contributed by atoms with Gasteiger partial charge in [0.15, 0.2) is 0 Å². The van der Waals surface area contributed by atoms with E-state index in [0.717, 1.165) is 51.4 Å². The molecule has 0 radical (unpaired) electrons. The van der Waals surface area contributed by atoms with Crippen molar-refractivity contribution in [3.63, 3.8) is 0 Å². The molecule has 194 valence electrons. The van der Waals surface area contributed by atoms with Crippen molar-refractivity contribution in [3.05, 3.63) is 0 Å². The third kappa shape index (κ3) is 4.38. The standard InChI is InChI=1S/C27H44O6S/c1-6-19-23-15-18(33-17(3)28)9-12-27(23,5)22-10-13-26(4)20(16(2)11-14-34(30,31)32)7-8-21(26)24(22)25(19)29/h16,18-24H,6-15H2,1-5H3,(H,30,31,32)/t16-,18-,19-,20?,21?,22?,23+,24?,26-,27-/m1/s1. The molecule has 4 saturated carbocycles. The molecule has 0 heterocycles. The lowest BCUT2D eigenvalue weighted by atomic mass is 9.42. The van der Waals surface area contributed by atoms with Crippen molar-refractivity contribution in [3.8, 4) is 0 Å². The molecule has 0 amide bonds. The van der Waals surface area contributed by atoms with Crippen molar-refractivity contribution in [2.24, 2.45) is 52.3 Å². The van der Waals surface area contributed by atoms with Crippen LogP contribution in [0.5, 0.6) is 0 Å². The molecule has 0 aromatic carbocycles. The number of carbonyl (C=O) groups excluding carboxylic acids is 2. The number of rotatable bonds is 6. The van der Waals surface area contributed by atoms with Gasteiger partial charge in [-0.15, -0.1) is 0 Å². The molecule has 6 nitrogen and oxygen atoms in total. The predicted molar refractivity (Wildman–Crippen MR) is 131 cm³/mol. The van der Waals surface area contributed by atoms with Crippen molar-refractivity contribution in [1.29, 1.82) is 0 Å². The molecule has 0 aromatic rings. The summed E-state index contributed by atoms with van der Waals surface area (Å²) in [5, 5.41) is 0. The summed E-state index contributed by atoms with van der Waals surface area (Å²) in [5.41, 5.74) is 0.151. The first-order chi connectivity index (χ1) is 15.8. The zero-order valence-corrected chi connectivity index (χ0v) is 22.4. The van der Waals surface area contributed by atoms with Gasteiger partial charge in [-0.2, -0.15) is 8.42 Å². The summed E-state index contributed by atoms with van der Waals surface area (Å²) in [6, 6.07) is 0. The summed E-state index contributed by atoms with van der Waals surface area (Å²) in [6.07, 6.45) is 8.16. The van der Waals surface area contributed by atoms with Crippen LogP contribution < -0.4 is 0 Å². The first-order valence-electron chi connectivity index (χ1n) is 13.5. The summed E-state index contributed by atoms with van der Waals surface area (Å²) in [6.45, 7) is 10.5. The number of ether oxygens (including phenoxy) is 1. The van der Waals surface area contributed by atoms with Crippen LogP contribution in [0.25, 0.3) is 0 Å². The van der Waals surface area contributed by atoms with Crippen LogP contribution in [-0.2, 0) is 24.4 Å². The average Bonchev–Trinajstić information content (AvgIpc) is 3.09. The molecule has 4 rings (SSSR count). The number of carbonyl (C=O) groups is 2. The molecule has 0 aliphatic heterocycles. The molecule has 7 heteroatoms. The topological polar surface area (TPSA) is 97.7 Å². The fourth-order valence-electron chi connectivity index (χ4n) is 9.47. The molecule has 4 fully saturated rings. The first-order valence-corrected chi connectivity index (χ1v) is 15.1. The molecule has 4 unspecified atom stereocenters. The third-order valence-corrected chi connectivity index (χ3v) is 11.8. The van der Waals surface area contributed by atoms with E-state index in [1.807, 2.05) is 0 Å². The molecule has 0 bridgehead atoms. The Morgan fingerprint density at radius 3 is 2.35 bits per heavy atom. The quantitative estimate of drug-likeness (QED) is 0.395. The van der Waals surface area contributed by atoms with E-state index >= 15 is 0 Å². The molecule has 0 saturated heterocycles. The number of Topliss-reactive ketones (excluding diaryl/α,β-unsaturated/α-hetero) is 1. The number of fused-ring (bicyclic) bond motifs is 5. The predicted octanol–water partition coefficient (Wildman–Crippen LogP) is 5.31. The van der Waals surface area contributed by atoms with Gasteiger partial charge in [0, 0.05) is 18.8 Å². The molecular weight excluding hydrogens is 452 g/mol. The summed E-state index contributed by atoms with van der Waals surface area (Å²) in [7, 11) is -3.96. The third-order valence-electron chi connectivity index (χ3n) is 11.0. The van der Waals surface area contributed by atoms with E-state index in [-0.39, 0.29) is 52.3 Å². The summed E-state index contributed by atoms with van der Waals surface area (Å²) in [4.78, 5) is 25.7. The zero-order valence-electron chi connectivity index (χ0n) is 21.6. The van der Waals surface area contributed by atoms with Crippen LogP contribution in [-0.4, -0.2) is 36.6 Å². The van der Waals surface area contributed by atoms with Gasteiger partial charge in [-0.05, 0) is 98.2 Å². The van der Waals surface area contributed by atoms with Crippen LogP contribution in [0.15, 0.2) is 0 Å². The first kappa shape index (κ1) is 26.1. The van der Waals surface area contributed by atoms with Gasteiger partial charge >= 0.3 is 5.97 Å². The average molecular weight is 497 g/mol. The van der Waals surface area contributed by atoms with Crippen molar-refractivity contribution < 1.29 is 27.3 Å². The SMILES string of the molecule is CC[C@H]1C(=O)C2C3CCC([C@H](C)CCS(=O)(=O)O)[C@@]3(C)CCC2[C@@]2(C)CC[C@@H](OC(C)=O)C[C@@H]12. The Bertz CT molecular complexity index is 914. The number of ketones is 1. The van der Waals surface area contributed by atoms with E-state index < -0.39 is 10.1 Å². The normalized spacial score (nSPS) is 45.1. The molecule has 4 aliphatic carbocycles. The lowest BCUT2D eigenvalue weighted by molar-refractivity contribution is -0.178. The molecule has 4 aliphatic rings. The number of hydrogen-bond donors (Lipinski definition) is 1. The van der Waals surface area contributed by atoms with Crippen LogP contribution in [0.2, 0.25) is 0 Å². The van der Waals surface area contributed by atoms with Crippen LogP contribution in [0.3, 0.4) is 0 Å². The van der Waals surface area contributed by atoms with Gasteiger partial charge in [-0.25, -0.2) is 0 Å². The Labute approximate surface area is 205 Å². The summed E-state index contributed by atoms with van der Waals surface area (Å²) >= 11 is 0. The highest BCUT2D eigenvalue weighted by atomic mass is 32.2. The lowest BCUT2D eigenvalue weighted by Crippen LogP contribution is -2.60. The summed E-state index contributed by atoms with van der Waals surface area (Å²) in [5.74, 6) is 1.77. The van der Waals surface area contributed by atoms with Gasteiger partial charge in [-0.3, -0.25) is 14.1 Å². The highest BCUT2D eigenvalue weighted by Crippen LogP contribution is 2.68. The van der Waals surface area contributed by atoms with Gasteiger partial charge in [0.25, 0.3) is 10.1 Å². The molecule has 1 N–H and O–H groups in total. The van der Waals surface area contributed by atoms with E-state index in [1.54, 1.807) is 0 Å². The van der Waals surface area contributed by atoms with Crippen molar-refractivity contribution >= 4 is 21.9 Å².